The Morgan fingerprint density at radius 1 is 1.56 bits per heavy atom. The highest BCUT2D eigenvalue weighted by Crippen LogP contribution is 2.24. The van der Waals surface area contributed by atoms with Crippen LogP contribution in [0.2, 0.25) is 0 Å². The summed E-state index contributed by atoms with van der Waals surface area (Å²) < 4.78 is 1.75. The van der Waals surface area contributed by atoms with E-state index in [1.165, 1.54) is 0 Å². The van der Waals surface area contributed by atoms with E-state index in [9.17, 15) is 4.79 Å². The normalized spacial score (nSPS) is 20.1. The first-order valence-corrected chi connectivity index (χ1v) is 6.15. The maximum absolute atomic E-state index is 12.1. The van der Waals surface area contributed by atoms with Gasteiger partial charge in [0.15, 0.2) is 0 Å². The van der Waals surface area contributed by atoms with E-state index in [0.29, 0.717) is 5.92 Å². The van der Waals surface area contributed by atoms with Crippen molar-refractivity contribution in [3.63, 3.8) is 0 Å². The molecule has 1 heterocycles. The van der Waals surface area contributed by atoms with E-state index in [2.05, 4.69) is 5.10 Å². The van der Waals surface area contributed by atoms with Crippen LogP contribution < -0.4 is 11.3 Å². The van der Waals surface area contributed by atoms with Crippen LogP contribution in [0.3, 0.4) is 0 Å². The fraction of sp³-hybridized carbons (Fsp3) is 0.750. The van der Waals surface area contributed by atoms with Crippen molar-refractivity contribution in [3.8, 4) is 0 Å². The summed E-state index contributed by atoms with van der Waals surface area (Å²) in [6.07, 6.45) is 4.09. The van der Waals surface area contributed by atoms with Crippen molar-refractivity contribution in [1.82, 2.24) is 9.78 Å². The summed E-state index contributed by atoms with van der Waals surface area (Å²) >= 11 is 0. The number of aromatic nitrogens is 2. The Kier molecular flexibility index (Phi) is 3.19. The summed E-state index contributed by atoms with van der Waals surface area (Å²) in [5.41, 5.74) is 7.90. The first-order chi connectivity index (χ1) is 7.63. The van der Waals surface area contributed by atoms with Crippen molar-refractivity contribution >= 4 is 0 Å². The number of nitrogens with zero attached hydrogens (tertiary/aromatic N) is 1. The number of nitrogens with one attached hydrogen (secondary N) is 1. The lowest BCUT2D eigenvalue weighted by atomic mass is 9.86. The third-order valence-electron chi connectivity index (χ3n) is 3.48. The highest BCUT2D eigenvalue weighted by molar-refractivity contribution is 5.21. The second-order valence-electron chi connectivity index (χ2n) is 5.02. The maximum atomic E-state index is 12.1. The summed E-state index contributed by atoms with van der Waals surface area (Å²) in [5, 5.41) is 3.24. The lowest BCUT2D eigenvalue weighted by Gasteiger charge is -2.19. The topological polar surface area (TPSA) is 63.8 Å². The minimum Gasteiger partial charge on any atom is -0.330 e. The molecule has 90 valence electrons. The molecular weight excluding hydrogens is 202 g/mol. The molecule has 0 bridgehead atoms. The fourth-order valence-electron chi connectivity index (χ4n) is 2.54. The summed E-state index contributed by atoms with van der Waals surface area (Å²) in [6, 6.07) is 0.214. The third-order valence-corrected chi connectivity index (χ3v) is 3.48. The van der Waals surface area contributed by atoms with Gasteiger partial charge in [-0.15, -0.1) is 0 Å². The molecule has 1 aliphatic carbocycles. The minimum atomic E-state index is 0.173. The van der Waals surface area contributed by atoms with Crippen LogP contribution in [0, 0.1) is 5.92 Å². The van der Waals surface area contributed by atoms with E-state index in [1.807, 2.05) is 13.8 Å². The molecular formula is C12H21N3O. The molecule has 1 aromatic rings. The SMILES string of the molecule is CC(C)n1[nH]c2c(c1=O)CC(CCN)CC2. The van der Waals surface area contributed by atoms with Gasteiger partial charge in [0.25, 0.3) is 5.56 Å². The second-order valence-corrected chi connectivity index (χ2v) is 5.02. The van der Waals surface area contributed by atoms with Gasteiger partial charge in [-0.05, 0) is 52.0 Å². The second kappa shape index (κ2) is 4.45. The van der Waals surface area contributed by atoms with E-state index in [0.717, 1.165) is 43.5 Å². The number of hydrogen-bond donors (Lipinski definition) is 2. The largest absolute Gasteiger partial charge is 0.330 e. The molecule has 0 saturated carbocycles. The monoisotopic (exact) mass is 223 g/mol. The number of nitrogens with two attached hydrogens (primary N) is 1. The highest BCUT2D eigenvalue weighted by atomic mass is 16.1. The number of rotatable bonds is 3. The average molecular weight is 223 g/mol. The summed E-state index contributed by atoms with van der Waals surface area (Å²) in [4.78, 5) is 12.1. The van der Waals surface area contributed by atoms with Gasteiger partial charge in [0.05, 0.1) is 0 Å². The Balaban J connectivity index is 2.28. The first kappa shape index (κ1) is 11.5. The highest BCUT2D eigenvalue weighted by Gasteiger charge is 2.24. The van der Waals surface area contributed by atoms with Gasteiger partial charge in [0.2, 0.25) is 0 Å². The van der Waals surface area contributed by atoms with Gasteiger partial charge in [-0.2, -0.15) is 0 Å². The van der Waals surface area contributed by atoms with Gasteiger partial charge >= 0.3 is 0 Å². The number of fused-ring (bicyclic) bond motifs is 1. The molecule has 1 atom stereocenters. The van der Waals surface area contributed by atoms with Crippen molar-refractivity contribution in [2.45, 2.75) is 45.6 Å². The third kappa shape index (κ3) is 1.94. The standard InChI is InChI=1S/C12H21N3O/c1-8(2)15-12(16)10-7-9(5-6-13)3-4-11(10)14-15/h8-9,14H,3-7,13H2,1-2H3. The zero-order chi connectivity index (χ0) is 11.7. The van der Waals surface area contributed by atoms with Crippen LogP contribution in [-0.2, 0) is 12.8 Å². The molecule has 1 aliphatic rings. The van der Waals surface area contributed by atoms with Gasteiger partial charge in [-0.25, -0.2) is 0 Å². The molecule has 1 aromatic heterocycles. The van der Waals surface area contributed by atoms with Gasteiger partial charge in [0.1, 0.15) is 0 Å². The van der Waals surface area contributed by atoms with Crippen LogP contribution in [0.1, 0.15) is 44.0 Å². The molecule has 3 N–H and O–H groups in total. The van der Waals surface area contributed by atoms with Crippen LogP contribution in [0.5, 0.6) is 0 Å². The van der Waals surface area contributed by atoms with E-state index in [-0.39, 0.29) is 11.6 Å². The van der Waals surface area contributed by atoms with Crippen LogP contribution >= 0.6 is 0 Å². The molecule has 0 fully saturated rings. The van der Waals surface area contributed by atoms with E-state index >= 15 is 0 Å². The van der Waals surface area contributed by atoms with E-state index < -0.39 is 0 Å². The Labute approximate surface area is 95.8 Å². The van der Waals surface area contributed by atoms with Crippen LogP contribution in [0.25, 0.3) is 0 Å². The lowest BCUT2D eigenvalue weighted by molar-refractivity contribution is 0.429. The molecule has 16 heavy (non-hydrogen) atoms. The van der Waals surface area contributed by atoms with Crippen LogP contribution in [-0.4, -0.2) is 16.3 Å². The number of aryl methyl sites for hydroxylation is 1. The average Bonchev–Trinajstić information content (AvgIpc) is 2.57. The molecule has 2 rings (SSSR count). The zero-order valence-electron chi connectivity index (χ0n) is 10.1. The molecule has 0 spiro atoms. The van der Waals surface area contributed by atoms with E-state index in [1.54, 1.807) is 4.68 Å². The molecule has 4 nitrogen and oxygen atoms in total. The van der Waals surface area contributed by atoms with Crippen molar-refractivity contribution in [2.24, 2.45) is 11.7 Å². The van der Waals surface area contributed by atoms with Gasteiger partial charge in [-0.3, -0.25) is 14.6 Å². The maximum Gasteiger partial charge on any atom is 0.270 e. The van der Waals surface area contributed by atoms with Crippen molar-refractivity contribution < 1.29 is 0 Å². The van der Waals surface area contributed by atoms with Crippen LogP contribution in [0.15, 0.2) is 4.79 Å². The van der Waals surface area contributed by atoms with Gasteiger partial charge < -0.3 is 5.73 Å². The fourth-order valence-corrected chi connectivity index (χ4v) is 2.54. The van der Waals surface area contributed by atoms with Crippen LogP contribution in [0.4, 0.5) is 0 Å². The predicted octanol–water partition coefficient (Wildman–Crippen LogP) is 1.21. The van der Waals surface area contributed by atoms with Gasteiger partial charge in [0, 0.05) is 17.3 Å². The Bertz CT molecular complexity index is 416. The lowest BCUT2D eigenvalue weighted by Crippen LogP contribution is -2.24. The summed E-state index contributed by atoms with van der Waals surface area (Å²) in [7, 11) is 0. The molecule has 4 heteroatoms. The Morgan fingerprint density at radius 3 is 2.94 bits per heavy atom. The molecule has 0 aliphatic heterocycles. The first-order valence-electron chi connectivity index (χ1n) is 6.15. The van der Waals surface area contributed by atoms with Crippen molar-refractivity contribution in [1.29, 1.82) is 0 Å². The molecule has 0 amide bonds. The minimum absolute atomic E-state index is 0.173. The summed E-state index contributed by atoms with van der Waals surface area (Å²) in [5.74, 6) is 0.599. The number of H-pyrrole nitrogens is 1. The van der Waals surface area contributed by atoms with Gasteiger partial charge in [-0.1, -0.05) is 0 Å². The molecule has 0 radical (unpaired) electrons. The Morgan fingerprint density at radius 2 is 2.31 bits per heavy atom. The van der Waals surface area contributed by atoms with Crippen molar-refractivity contribution in [3.05, 3.63) is 21.6 Å². The zero-order valence-corrected chi connectivity index (χ0v) is 10.1. The predicted molar refractivity (Wildman–Crippen MR) is 64.6 cm³/mol. The Hall–Kier alpha value is -1.03. The number of aromatic amines is 1. The smallest absolute Gasteiger partial charge is 0.270 e. The molecule has 1 unspecified atom stereocenters. The summed E-state index contributed by atoms with van der Waals surface area (Å²) in [6.45, 7) is 4.78. The molecule has 0 aromatic carbocycles. The molecule has 0 saturated heterocycles. The quantitative estimate of drug-likeness (QED) is 0.809. The van der Waals surface area contributed by atoms with E-state index in [4.69, 9.17) is 5.73 Å². The van der Waals surface area contributed by atoms with Crippen molar-refractivity contribution in [2.75, 3.05) is 6.54 Å². The number of hydrogen-bond acceptors (Lipinski definition) is 2.